The van der Waals surface area contributed by atoms with E-state index in [4.69, 9.17) is 14.0 Å². The summed E-state index contributed by atoms with van der Waals surface area (Å²) in [4.78, 5) is 31.4. The number of rotatable bonds is 11. The molecule has 14 heteroatoms. The van der Waals surface area contributed by atoms with Crippen molar-refractivity contribution in [3.8, 4) is 0 Å². The maximum Gasteiger partial charge on any atom is 0.410 e. The third-order valence-electron chi connectivity index (χ3n) is 7.87. The van der Waals surface area contributed by atoms with Crippen molar-refractivity contribution in [3.05, 3.63) is 81.9 Å². The van der Waals surface area contributed by atoms with Crippen LogP contribution >= 0.6 is 0 Å². The SMILES string of the molecule is CC(C)(C)OC(=O)N1C[C@@H](N(OCc2ccccc2)S(=O)(=O)c2ccccc2[N+](=O)[O-])C(CO)=C[C@H]1CO[Si](C)(C)C(C)(C)C. The van der Waals surface area contributed by atoms with E-state index in [1.54, 1.807) is 57.2 Å². The zero-order valence-electron chi connectivity index (χ0n) is 27.2. The number of hydrogen-bond donors (Lipinski definition) is 1. The second-order valence-electron chi connectivity index (χ2n) is 13.4. The Morgan fingerprint density at radius 3 is 2.22 bits per heavy atom. The van der Waals surface area contributed by atoms with E-state index in [1.165, 1.54) is 17.0 Å². The van der Waals surface area contributed by atoms with Crippen LogP contribution in [0.15, 0.2) is 71.1 Å². The van der Waals surface area contributed by atoms with E-state index in [-0.39, 0.29) is 30.4 Å². The molecule has 248 valence electrons. The van der Waals surface area contributed by atoms with Crippen LogP contribution in [0.2, 0.25) is 18.1 Å². The highest BCUT2D eigenvalue weighted by molar-refractivity contribution is 7.89. The van der Waals surface area contributed by atoms with Crippen LogP contribution in [0.1, 0.15) is 47.1 Å². The third kappa shape index (κ3) is 8.99. The van der Waals surface area contributed by atoms with Crippen molar-refractivity contribution < 1.29 is 37.2 Å². The molecule has 3 rings (SSSR count). The van der Waals surface area contributed by atoms with Crippen molar-refractivity contribution >= 4 is 30.1 Å². The predicted molar refractivity (Wildman–Crippen MR) is 172 cm³/mol. The van der Waals surface area contributed by atoms with Crippen LogP contribution in [-0.2, 0) is 30.6 Å². The summed E-state index contributed by atoms with van der Waals surface area (Å²) in [6.45, 7) is 14.6. The topological polar surface area (TPSA) is 149 Å². The number of aliphatic hydroxyl groups is 1. The fourth-order valence-electron chi connectivity index (χ4n) is 4.39. The smallest absolute Gasteiger partial charge is 0.410 e. The van der Waals surface area contributed by atoms with Crippen molar-refractivity contribution in [2.45, 2.75) is 88.9 Å². The van der Waals surface area contributed by atoms with Crippen LogP contribution < -0.4 is 0 Å². The van der Waals surface area contributed by atoms with Gasteiger partial charge in [0.05, 0.1) is 36.8 Å². The number of nitro benzene ring substituents is 1. The van der Waals surface area contributed by atoms with Crippen molar-refractivity contribution in [2.75, 3.05) is 19.8 Å². The molecule has 0 spiro atoms. The molecule has 0 saturated carbocycles. The lowest BCUT2D eigenvalue weighted by molar-refractivity contribution is -0.388. The molecule has 2 aromatic carbocycles. The summed E-state index contributed by atoms with van der Waals surface area (Å²) >= 11 is 0. The third-order valence-corrected chi connectivity index (χ3v) is 14.1. The van der Waals surface area contributed by atoms with Gasteiger partial charge in [0.15, 0.2) is 13.2 Å². The fraction of sp³-hybridized carbons (Fsp3) is 0.516. The standard InChI is InChI=1S/C31H45N3O9SSi/c1-30(2,3)43-29(36)32-19-27(24(20-35)18-25(32)22-42-45(7,8)31(4,5)6)34(41-21-23-14-10-9-11-15-23)44(39,40)28-17-13-12-16-26(28)33(37)38/h9-18,25,27,35H,19-22H2,1-8H3/t25-,27+/m0/s1. The average Bonchev–Trinajstić information content (AvgIpc) is 2.95. The molecule has 1 aliphatic rings. The summed E-state index contributed by atoms with van der Waals surface area (Å²) in [5.41, 5.74) is -0.622. The number of nitro groups is 1. The van der Waals surface area contributed by atoms with Gasteiger partial charge in [-0.3, -0.25) is 19.9 Å². The lowest BCUT2D eigenvalue weighted by atomic mass is 9.99. The number of hydroxylamine groups is 1. The quantitative estimate of drug-likeness (QED) is 0.139. The first-order chi connectivity index (χ1) is 20.8. The van der Waals surface area contributed by atoms with Crippen molar-refractivity contribution in [1.29, 1.82) is 0 Å². The number of para-hydroxylation sites is 1. The molecule has 0 bridgehead atoms. The minimum atomic E-state index is -4.73. The molecule has 0 radical (unpaired) electrons. The first-order valence-corrected chi connectivity index (χ1v) is 19.0. The molecule has 1 heterocycles. The Morgan fingerprint density at radius 2 is 1.67 bits per heavy atom. The van der Waals surface area contributed by atoms with E-state index < -0.39 is 64.2 Å². The number of ether oxygens (including phenoxy) is 1. The summed E-state index contributed by atoms with van der Waals surface area (Å²) < 4.78 is 41.3. The maximum atomic E-state index is 14.2. The summed E-state index contributed by atoms with van der Waals surface area (Å²) in [6, 6.07) is 11.8. The van der Waals surface area contributed by atoms with Crippen molar-refractivity contribution in [2.24, 2.45) is 0 Å². The molecular formula is C31H45N3O9SSi. The first kappa shape index (κ1) is 36.3. The molecule has 0 aliphatic carbocycles. The van der Waals surface area contributed by atoms with E-state index in [1.807, 2.05) is 0 Å². The fourth-order valence-corrected chi connectivity index (χ4v) is 6.99. The number of nitrogens with zero attached hydrogens (tertiary/aromatic N) is 3. The molecule has 1 N–H and O–H groups in total. The highest BCUT2D eigenvalue weighted by atomic mass is 32.2. The number of carbonyl (C=O) groups is 1. The van der Waals surface area contributed by atoms with Gasteiger partial charge in [0.1, 0.15) is 5.60 Å². The Labute approximate surface area is 266 Å². The minimum absolute atomic E-state index is 0.0910. The van der Waals surface area contributed by atoms with Crippen molar-refractivity contribution in [3.63, 3.8) is 0 Å². The van der Waals surface area contributed by atoms with Crippen LogP contribution in [-0.4, -0.2) is 79.7 Å². The molecule has 0 saturated heterocycles. The lowest BCUT2D eigenvalue weighted by Crippen LogP contribution is -2.57. The number of hydrogen-bond acceptors (Lipinski definition) is 9. The van der Waals surface area contributed by atoms with E-state index in [2.05, 4.69) is 33.9 Å². The van der Waals surface area contributed by atoms with E-state index >= 15 is 0 Å². The van der Waals surface area contributed by atoms with Gasteiger partial charge in [0.2, 0.25) is 0 Å². The van der Waals surface area contributed by atoms with Gasteiger partial charge in [-0.05, 0) is 56.1 Å². The van der Waals surface area contributed by atoms with Crippen LogP contribution in [0.5, 0.6) is 0 Å². The number of amides is 1. The Balaban J connectivity index is 2.14. The number of carbonyl (C=O) groups excluding carboxylic acids is 1. The predicted octanol–water partition coefficient (Wildman–Crippen LogP) is 5.65. The van der Waals surface area contributed by atoms with Gasteiger partial charge in [0, 0.05) is 12.6 Å². The van der Waals surface area contributed by atoms with Crippen LogP contribution in [0, 0.1) is 10.1 Å². The highest BCUT2D eigenvalue weighted by Crippen LogP contribution is 2.38. The Bertz CT molecular complexity index is 1490. The lowest BCUT2D eigenvalue weighted by Gasteiger charge is -2.43. The van der Waals surface area contributed by atoms with Gasteiger partial charge >= 0.3 is 6.09 Å². The van der Waals surface area contributed by atoms with Crippen molar-refractivity contribution in [1.82, 2.24) is 9.37 Å². The second kappa shape index (κ2) is 14.1. The number of benzene rings is 2. The summed E-state index contributed by atoms with van der Waals surface area (Å²) in [5.74, 6) is 0. The van der Waals surface area contributed by atoms with E-state index in [9.17, 15) is 28.4 Å². The summed E-state index contributed by atoms with van der Waals surface area (Å²) in [5, 5.41) is 22.3. The molecule has 1 aliphatic heterocycles. The molecule has 2 aromatic rings. The van der Waals surface area contributed by atoms with Gasteiger partial charge < -0.3 is 14.3 Å². The second-order valence-corrected chi connectivity index (χ2v) is 20.0. The Morgan fingerprint density at radius 1 is 1.07 bits per heavy atom. The normalized spacial score (nSPS) is 18.1. The van der Waals surface area contributed by atoms with Crippen LogP contribution in [0.25, 0.3) is 0 Å². The number of aliphatic hydroxyl groups excluding tert-OH is 1. The van der Waals surface area contributed by atoms with Gasteiger partial charge in [-0.2, -0.15) is 0 Å². The Kier molecular flexibility index (Phi) is 11.4. The van der Waals surface area contributed by atoms with Gasteiger partial charge in [-0.15, -0.1) is 0 Å². The molecule has 0 aromatic heterocycles. The van der Waals surface area contributed by atoms with Crippen LogP contribution in [0.3, 0.4) is 0 Å². The molecule has 0 fully saturated rings. The molecule has 12 nitrogen and oxygen atoms in total. The summed E-state index contributed by atoms with van der Waals surface area (Å²) in [6.07, 6.45) is 0.884. The molecule has 1 amide bonds. The largest absolute Gasteiger partial charge is 0.444 e. The average molecular weight is 664 g/mol. The highest BCUT2D eigenvalue weighted by Gasteiger charge is 2.45. The van der Waals surface area contributed by atoms with E-state index in [0.717, 1.165) is 12.1 Å². The molecule has 45 heavy (non-hydrogen) atoms. The zero-order chi connectivity index (χ0) is 33.8. The molecule has 0 unspecified atom stereocenters. The number of sulfonamides is 1. The van der Waals surface area contributed by atoms with Gasteiger partial charge in [0.25, 0.3) is 15.7 Å². The maximum absolute atomic E-state index is 14.2. The Hall–Kier alpha value is -3.14. The molecule has 2 atom stereocenters. The molecular weight excluding hydrogens is 619 g/mol. The van der Waals surface area contributed by atoms with Crippen LogP contribution in [0.4, 0.5) is 10.5 Å². The van der Waals surface area contributed by atoms with Gasteiger partial charge in [-0.25, -0.2) is 13.2 Å². The zero-order valence-corrected chi connectivity index (χ0v) is 29.0. The summed E-state index contributed by atoms with van der Waals surface area (Å²) in [7, 11) is -7.01. The minimum Gasteiger partial charge on any atom is -0.444 e. The monoisotopic (exact) mass is 663 g/mol. The first-order valence-electron chi connectivity index (χ1n) is 14.7. The van der Waals surface area contributed by atoms with Gasteiger partial charge in [-0.1, -0.05) is 73.8 Å². The van der Waals surface area contributed by atoms with E-state index in [0.29, 0.717) is 10.0 Å².